The standard InChI is InChI=1S/C39H32N4O4/c1-2-29(28-35-38(46)42(32-23-13-6-14-24-32)43(39(35)47)33-25-15-7-16-26-33)18-8-3-17-27-34-36(44)40(30-19-9-4-10-20-30)41(37(34)45)31-21-11-5-12-22-31/h3-28,46H,2H2,1H3/b17-3+,18-8+,29-28?. The van der Waals surface area contributed by atoms with Gasteiger partial charge < -0.3 is 5.11 Å². The molecule has 2 heterocycles. The molecule has 4 aromatic carbocycles. The molecule has 0 atom stereocenters. The van der Waals surface area contributed by atoms with Crippen molar-refractivity contribution in [1.29, 1.82) is 0 Å². The van der Waals surface area contributed by atoms with E-state index in [1.54, 1.807) is 48.6 Å². The molecule has 232 valence electrons. The summed E-state index contributed by atoms with van der Waals surface area (Å²) < 4.78 is 2.95. The molecule has 2 amide bonds. The van der Waals surface area contributed by atoms with Gasteiger partial charge in [0.2, 0.25) is 5.88 Å². The third kappa shape index (κ3) is 6.12. The Kier molecular flexibility index (Phi) is 8.93. The van der Waals surface area contributed by atoms with E-state index in [1.165, 1.54) is 25.5 Å². The van der Waals surface area contributed by atoms with Gasteiger partial charge in [-0.3, -0.25) is 14.4 Å². The number of hydrazine groups is 1. The minimum atomic E-state index is -0.430. The van der Waals surface area contributed by atoms with Crippen LogP contribution in [0.15, 0.2) is 168 Å². The first kappa shape index (κ1) is 30.6. The minimum Gasteiger partial charge on any atom is -0.493 e. The van der Waals surface area contributed by atoms with Gasteiger partial charge >= 0.3 is 0 Å². The van der Waals surface area contributed by atoms with Gasteiger partial charge in [0, 0.05) is 0 Å². The van der Waals surface area contributed by atoms with Gasteiger partial charge in [-0.05, 0) is 72.7 Å². The van der Waals surface area contributed by atoms with Crippen molar-refractivity contribution in [3.05, 3.63) is 179 Å². The normalized spacial score (nSPS) is 13.8. The molecular formula is C39H32N4O4. The lowest BCUT2D eigenvalue weighted by Crippen LogP contribution is -2.41. The molecule has 1 aliphatic heterocycles. The number of aromatic hydroxyl groups is 1. The van der Waals surface area contributed by atoms with Crippen LogP contribution >= 0.6 is 0 Å². The Hall–Kier alpha value is -6.41. The van der Waals surface area contributed by atoms with Crippen molar-refractivity contribution in [3.8, 4) is 17.3 Å². The van der Waals surface area contributed by atoms with E-state index in [0.29, 0.717) is 29.2 Å². The molecule has 1 N–H and O–H groups in total. The number of allylic oxidation sites excluding steroid dienone is 6. The lowest BCUT2D eigenvalue weighted by Gasteiger charge is -2.27. The molecule has 0 aliphatic carbocycles. The zero-order valence-electron chi connectivity index (χ0n) is 25.7. The second-order valence-corrected chi connectivity index (χ2v) is 10.6. The largest absolute Gasteiger partial charge is 0.493 e. The summed E-state index contributed by atoms with van der Waals surface area (Å²) in [6, 6.07) is 36.4. The highest BCUT2D eigenvalue weighted by Crippen LogP contribution is 2.31. The lowest BCUT2D eigenvalue weighted by molar-refractivity contribution is -0.116. The average molecular weight is 621 g/mol. The van der Waals surface area contributed by atoms with Crippen molar-refractivity contribution >= 4 is 29.3 Å². The maximum Gasteiger partial charge on any atom is 0.283 e. The van der Waals surface area contributed by atoms with Crippen LogP contribution < -0.4 is 15.6 Å². The minimum absolute atomic E-state index is 0.0299. The summed E-state index contributed by atoms with van der Waals surface area (Å²) in [5.41, 5.74) is 3.04. The highest BCUT2D eigenvalue weighted by atomic mass is 16.3. The van der Waals surface area contributed by atoms with Crippen LogP contribution in [0.25, 0.3) is 17.5 Å². The van der Waals surface area contributed by atoms with Crippen LogP contribution in [0.2, 0.25) is 0 Å². The maximum atomic E-state index is 13.7. The van der Waals surface area contributed by atoms with E-state index in [-0.39, 0.29) is 22.6 Å². The molecule has 8 nitrogen and oxygen atoms in total. The molecule has 0 radical (unpaired) electrons. The Morgan fingerprint density at radius 1 is 0.596 bits per heavy atom. The van der Waals surface area contributed by atoms with Crippen molar-refractivity contribution in [2.24, 2.45) is 0 Å². The molecule has 1 saturated heterocycles. The van der Waals surface area contributed by atoms with Gasteiger partial charge in [-0.25, -0.2) is 19.4 Å². The van der Waals surface area contributed by atoms with E-state index in [4.69, 9.17) is 0 Å². The molecule has 0 spiro atoms. The van der Waals surface area contributed by atoms with Gasteiger partial charge in [0.1, 0.15) is 11.1 Å². The Morgan fingerprint density at radius 2 is 1.04 bits per heavy atom. The molecule has 8 heteroatoms. The lowest BCUT2D eigenvalue weighted by atomic mass is 10.1. The molecule has 6 rings (SSSR count). The van der Waals surface area contributed by atoms with Crippen LogP contribution in [-0.4, -0.2) is 26.3 Å². The molecule has 0 bridgehead atoms. The fourth-order valence-corrected chi connectivity index (χ4v) is 5.34. The molecular weight excluding hydrogens is 588 g/mol. The highest BCUT2D eigenvalue weighted by Gasteiger charge is 2.42. The van der Waals surface area contributed by atoms with Gasteiger partial charge in [0.15, 0.2) is 0 Å². The predicted molar refractivity (Wildman–Crippen MR) is 186 cm³/mol. The van der Waals surface area contributed by atoms with Gasteiger partial charge in [0.25, 0.3) is 17.4 Å². The molecule has 47 heavy (non-hydrogen) atoms. The van der Waals surface area contributed by atoms with E-state index >= 15 is 0 Å². The monoisotopic (exact) mass is 620 g/mol. The second kappa shape index (κ2) is 13.7. The van der Waals surface area contributed by atoms with Crippen LogP contribution in [0.1, 0.15) is 18.9 Å². The Balaban J connectivity index is 1.29. The number of hydrogen-bond donors (Lipinski definition) is 1. The second-order valence-electron chi connectivity index (χ2n) is 10.6. The number of benzene rings is 4. The number of carbonyl (C=O) groups is 2. The third-order valence-corrected chi connectivity index (χ3v) is 7.65. The highest BCUT2D eigenvalue weighted by molar-refractivity contribution is 6.36. The number of rotatable bonds is 9. The first-order valence-electron chi connectivity index (χ1n) is 15.2. The van der Waals surface area contributed by atoms with E-state index in [1.807, 2.05) is 110 Å². The number of amides is 2. The van der Waals surface area contributed by atoms with Crippen LogP contribution in [0.3, 0.4) is 0 Å². The number of hydrogen-bond acceptors (Lipinski definition) is 4. The summed E-state index contributed by atoms with van der Waals surface area (Å²) in [7, 11) is 0. The Labute approximate surface area is 272 Å². The summed E-state index contributed by atoms with van der Waals surface area (Å²) >= 11 is 0. The zero-order chi connectivity index (χ0) is 32.8. The van der Waals surface area contributed by atoms with Crippen molar-refractivity contribution < 1.29 is 14.7 Å². The van der Waals surface area contributed by atoms with Crippen LogP contribution in [0.4, 0.5) is 11.4 Å². The fourth-order valence-electron chi connectivity index (χ4n) is 5.34. The predicted octanol–water partition coefficient (Wildman–Crippen LogP) is 7.16. The van der Waals surface area contributed by atoms with Crippen molar-refractivity contribution in [3.63, 3.8) is 0 Å². The van der Waals surface area contributed by atoms with E-state index in [2.05, 4.69) is 0 Å². The quantitative estimate of drug-likeness (QED) is 0.108. The summed E-state index contributed by atoms with van der Waals surface area (Å²) in [4.78, 5) is 40.7. The number of nitrogens with zero attached hydrogens (tertiary/aromatic N) is 4. The first-order chi connectivity index (χ1) is 23.0. The summed E-state index contributed by atoms with van der Waals surface area (Å²) in [5.74, 6) is -1.03. The zero-order valence-corrected chi connectivity index (χ0v) is 25.7. The van der Waals surface area contributed by atoms with E-state index < -0.39 is 11.8 Å². The van der Waals surface area contributed by atoms with Gasteiger partial charge in [-0.2, -0.15) is 0 Å². The van der Waals surface area contributed by atoms with Crippen LogP contribution in [-0.2, 0) is 9.59 Å². The van der Waals surface area contributed by atoms with Gasteiger partial charge in [0.05, 0.1) is 22.7 Å². The summed E-state index contributed by atoms with van der Waals surface area (Å²) in [6.07, 6.45) is 10.7. The third-order valence-electron chi connectivity index (χ3n) is 7.65. The van der Waals surface area contributed by atoms with Gasteiger partial charge in [-0.15, -0.1) is 0 Å². The number of anilines is 2. The topological polar surface area (TPSA) is 87.8 Å². The molecule has 1 aromatic heterocycles. The Morgan fingerprint density at radius 3 is 1.51 bits per heavy atom. The Bertz CT molecular complexity index is 2020. The molecule has 5 aromatic rings. The SMILES string of the molecule is CCC(=Cc1c(O)n(-c2ccccc2)n(-c2ccccc2)c1=O)/C=C/C=C/C=C1C(=O)N(c2ccccc2)N(c2ccccc2)C1=O. The molecule has 1 fully saturated rings. The number of carbonyl (C=O) groups excluding carboxylic acids is 2. The molecule has 0 unspecified atom stereocenters. The molecule has 1 aliphatic rings. The van der Waals surface area contributed by atoms with Crippen molar-refractivity contribution in [2.45, 2.75) is 13.3 Å². The first-order valence-corrected chi connectivity index (χ1v) is 15.2. The van der Waals surface area contributed by atoms with Gasteiger partial charge in [-0.1, -0.05) is 104 Å². The maximum absolute atomic E-state index is 13.7. The van der Waals surface area contributed by atoms with Crippen molar-refractivity contribution in [2.75, 3.05) is 10.0 Å². The van der Waals surface area contributed by atoms with Crippen molar-refractivity contribution in [1.82, 2.24) is 9.36 Å². The summed E-state index contributed by atoms with van der Waals surface area (Å²) in [6.45, 7) is 1.95. The van der Waals surface area contributed by atoms with E-state index in [9.17, 15) is 19.5 Å². The van der Waals surface area contributed by atoms with Crippen LogP contribution in [0.5, 0.6) is 5.88 Å². The van der Waals surface area contributed by atoms with Crippen LogP contribution in [0, 0.1) is 0 Å². The number of para-hydroxylation sites is 4. The summed E-state index contributed by atoms with van der Waals surface area (Å²) in [5, 5.41) is 14.1. The number of aromatic nitrogens is 2. The van der Waals surface area contributed by atoms with E-state index in [0.717, 1.165) is 5.57 Å². The average Bonchev–Trinajstić information content (AvgIpc) is 3.52. The smallest absolute Gasteiger partial charge is 0.283 e. The molecule has 0 saturated carbocycles. The fraction of sp³-hybridized carbons (Fsp3) is 0.0513.